The molecule has 26 heavy (non-hydrogen) atoms. The minimum atomic E-state index is -1.18. The third-order valence-electron chi connectivity index (χ3n) is 4.67. The molecule has 0 amide bonds. The van der Waals surface area contributed by atoms with Crippen LogP contribution in [0.4, 0.5) is 0 Å². The average molecular weight is 493 g/mol. The highest BCUT2D eigenvalue weighted by atomic mass is 127. The van der Waals surface area contributed by atoms with Crippen LogP contribution >= 0.6 is 22.6 Å². The topological polar surface area (TPSA) is 55.8 Å². The van der Waals surface area contributed by atoms with Gasteiger partial charge < -0.3 is 14.4 Å². The van der Waals surface area contributed by atoms with Crippen LogP contribution in [0.25, 0.3) is 0 Å². The third kappa shape index (κ3) is 5.82. The maximum atomic E-state index is 13.4. The summed E-state index contributed by atoms with van der Waals surface area (Å²) in [4.78, 5) is 0. The Kier molecular flexibility index (Phi) is 8.25. The van der Waals surface area contributed by atoms with Crippen molar-refractivity contribution >= 4 is 34.0 Å². The lowest BCUT2D eigenvalue weighted by molar-refractivity contribution is -0.174. The van der Waals surface area contributed by atoms with E-state index < -0.39 is 17.7 Å². The Morgan fingerprint density at radius 3 is 2.38 bits per heavy atom. The molecule has 148 valence electrons. The van der Waals surface area contributed by atoms with Crippen LogP contribution in [0.5, 0.6) is 0 Å². The maximum absolute atomic E-state index is 13.4. The summed E-state index contributed by atoms with van der Waals surface area (Å²) in [5.74, 6) is 0.257. The van der Waals surface area contributed by atoms with Crippen molar-refractivity contribution in [2.24, 2.45) is 5.92 Å². The maximum Gasteiger partial charge on any atom is 0.166 e. The standard InChI is InChI=1S/C20H32INO3S/c1-14(2)18(17-12-11-16(21)19(23)25-17)22(26(24)20(3,4)5)13-15-9-7-6-8-10-15/h6-10,14,16-19,23H,11-13H2,1-5H3/t16?,17-,18-,19?,26-/m0/s1. The van der Waals surface area contributed by atoms with Crippen LogP contribution in [0, 0.1) is 5.92 Å². The Morgan fingerprint density at radius 1 is 1.27 bits per heavy atom. The number of halogens is 1. The van der Waals surface area contributed by atoms with Gasteiger partial charge in [-0.1, -0.05) is 66.8 Å². The number of aliphatic hydroxyl groups excluding tert-OH is 1. The summed E-state index contributed by atoms with van der Waals surface area (Å²) in [7, 11) is 0. The van der Waals surface area contributed by atoms with Crippen LogP contribution in [0.1, 0.15) is 53.0 Å². The summed E-state index contributed by atoms with van der Waals surface area (Å²) < 4.78 is 21.2. The minimum absolute atomic E-state index is 0.0196. The van der Waals surface area contributed by atoms with E-state index in [1.807, 2.05) is 39.0 Å². The van der Waals surface area contributed by atoms with Crippen LogP contribution in [0.3, 0.4) is 0 Å². The molecule has 1 aromatic carbocycles. The first-order chi connectivity index (χ1) is 12.1. The number of rotatable bonds is 6. The van der Waals surface area contributed by atoms with E-state index in [2.05, 4.69) is 52.9 Å². The fourth-order valence-corrected chi connectivity index (χ4v) is 5.49. The second kappa shape index (κ2) is 9.56. The Morgan fingerprint density at radius 2 is 1.88 bits per heavy atom. The number of hydrogen-bond acceptors (Lipinski definition) is 4. The average Bonchev–Trinajstić information content (AvgIpc) is 2.56. The van der Waals surface area contributed by atoms with Crippen molar-refractivity contribution in [2.75, 3.05) is 0 Å². The molecule has 2 rings (SSSR count). The van der Waals surface area contributed by atoms with Gasteiger partial charge in [0, 0.05) is 11.4 Å². The van der Waals surface area contributed by atoms with Gasteiger partial charge in [-0.05, 0) is 45.1 Å². The molecular formula is C20H32INO3S. The molecule has 1 saturated heterocycles. The molecule has 1 aliphatic rings. The molecule has 0 radical (unpaired) electrons. The van der Waals surface area contributed by atoms with Gasteiger partial charge in [-0.25, -0.2) is 0 Å². The van der Waals surface area contributed by atoms with Crippen molar-refractivity contribution in [3.63, 3.8) is 0 Å². The van der Waals surface area contributed by atoms with Gasteiger partial charge in [-0.3, -0.25) is 0 Å². The van der Waals surface area contributed by atoms with Crippen molar-refractivity contribution in [2.45, 2.75) is 81.1 Å². The Balaban J connectivity index is 2.32. The first-order valence-electron chi connectivity index (χ1n) is 9.31. The zero-order chi connectivity index (χ0) is 19.5. The monoisotopic (exact) mass is 493 g/mol. The molecule has 0 saturated carbocycles. The molecule has 5 atom stereocenters. The van der Waals surface area contributed by atoms with Gasteiger partial charge >= 0.3 is 0 Å². The molecular weight excluding hydrogens is 461 g/mol. The lowest BCUT2D eigenvalue weighted by Crippen LogP contribution is -2.56. The van der Waals surface area contributed by atoms with E-state index in [4.69, 9.17) is 4.74 Å². The van der Waals surface area contributed by atoms with Crippen molar-refractivity contribution in [1.29, 1.82) is 0 Å². The summed E-state index contributed by atoms with van der Waals surface area (Å²) in [5, 5.41) is 10.2. The first-order valence-corrected chi connectivity index (χ1v) is 11.7. The quantitative estimate of drug-likeness (QED) is 0.365. The summed E-state index contributed by atoms with van der Waals surface area (Å²) >= 11 is 1.07. The number of hydrogen-bond donors (Lipinski definition) is 1. The molecule has 1 N–H and O–H groups in total. The van der Waals surface area contributed by atoms with Gasteiger partial charge in [0.15, 0.2) is 6.29 Å². The molecule has 1 heterocycles. The summed E-state index contributed by atoms with van der Waals surface area (Å²) in [6.45, 7) is 10.9. The Hall–Kier alpha value is 0.140. The summed E-state index contributed by atoms with van der Waals surface area (Å²) in [5.41, 5.74) is 1.14. The molecule has 0 aromatic heterocycles. The lowest BCUT2D eigenvalue weighted by atomic mass is 9.92. The van der Waals surface area contributed by atoms with Gasteiger partial charge in [0.25, 0.3) is 0 Å². The second-order valence-electron chi connectivity index (χ2n) is 8.32. The van der Waals surface area contributed by atoms with Crippen LogP contribution in [0.15, 0.2) is 30.3 Å². The Labute approximate surface area is 175 Å². The molecule has 0 bridgehead atoms. The number of aliphatic hydroxyl groups is 1. The zero-order valence-electron chi connectivity index (χ0n) is 16.4. The van der Waals surface area contributed by atoms with E-state index in [1.54, 1.807) is 0 Å². The molecule has 1 fully saturated rings. The highest BCUT2D eigenvalue weighted by Crippen LogP contribution is 2.34. The predicted molar refractivity (Wildman–Crippen MR) is 116 cm³/mol. The van der Waals surface area contributed by atoms with E-state index in [1.165, 1.54) is 0 Å². The van der Waals surface area contributed by atoms with Crippen LogP contribution in [-0.4, -0.2) is 41.1 Å². The van der Waals surface area contributed by atoms with E-state index in [9.17, 15) is 9.66 Å². The predicted octanol–water partition coefficient (Wildman–Crippen LogP) is 4.28. The van der Waals surface area contributed by atoms with Crippen molar-refractivity contribution in [1.82, 2.24) is 4.31 Å². The molecule has 0 aliphatic carbocycles. The first kappa shape index (κ1) is 22.4. The fraction of sp³-hybridized carbons (Fsp3) is 0.700. The van der Waals surface area contributed by atoms with Gasteiger partial charge in [-0.2, -0.15) is 0 Å². The zero-order valence-corrected chi connectivity index (χ0v) is 19.4. The van der Waals surface area contributed by atoms with E-state index in [0.29, 0.717) is 6.54 Å². The SMILES string of the molecule is CC(C)[C@@H]([C@@H]1CCC(I)C(O)O1)N(Cc1ccccc1)[S@@+]([O-])C(C)(C)C. The highest BCUT2D eigenvalue weighted by molar-refractivity contribution is 14.1. The molecule has 6 heteroatoms. The van der Waals surface area contributed by atoms with Gasteiger partial charge in [0.2, 0.25) is 0 Å². The molecule has 4 nitrogen and oxygen atoms in total. The van der Waals surface area contributed by atoms with Crippen LogP contribution in [0.2, 0.25) is 0 Å². The molecule has 2 unspecified atom stereocenters. The number of alkyl halides is 1. The summed E-state index contributed by atoms with van der Waals surface area (Å²) in [6.07, 6.45) is 0.917. The Bertz CT molecular complexity index is 552. The molecule has 0 spiro atoms. The third-order valence-corrected chi connectivity index (χ3v) is 7.75. The van der Waals surface area contributed by atoms with Crippen molar-refractivity contribution in [3.05, 3.63) is 35.9 Å². The van der Waals surface area contributed by atoms with Crippen LogP contribution < -0.4 is 0 Å². The normalized spacial score (nSPS) is 26.9. The molecule has 1 aliphatic heterocycles. The van der Waals surface area contributed by atoms with Crippen molar-refractivity contribution < 1.29 is 14.4 Å². The van der Waals surface area contributed by atoms with Crippen molar-refractivity contribution in [3.8, 4) is 0 Å². The number of benzene rings is 1. The smallest absolute Gasteiger partial charge is 0.166 e. The van der Waals surface area contributed by atoms with Crippen LogP contribution in [-0.2, 0) is 22.6 Å². The number of ether oxygens (including phenoxy) is 1. The summed E-state index contributed by atoms with van der Waals surface area (Å²) in [6, 6.07) is 10.1. The largest absolute Gasteiger partial charge is 0.597 e. The lowest BCUT2D eigenvalue weighted by Gasteiger charge is -2.44. The second-order valence-corrected chi connectivity index (χ2v) is 12.1. The highest BCUT2D eigenvalue weighted by Gasteiger charge is 2.45. The number of nitrogens with zero attached hydrogens (tertiary/aromatic N) is 1. The van der Waals surface area contributed by atoms with Gasteiger partial charge in [0.05, 0.1) is 22.6 Å². The van der Waals surface area contributed by atoms with E-state index >= 15 is 0 Å². The minimum Gasteiger partial charge on any atom is -0.597 e. The van der Waals surface area contributed by atoms with E-state index in [0.717, 1.165) is 18.4 Å². The van der Waals surface area contributed by atoms with Gasteiger partial charge in [-0.15, -0.1) is 4.31 Å². The fourth-order valence-electron chi connectivity index (χ4n) is 3.39. The van der Waals surface area contributed by atoms with Gasteiger partial charge in [0.1, 0.15) is 4.75 Å². The van der Waals surface area contributed by atoms with E-state index in [-0.39, 0.29) is 26.7 Å². The molecule has 1 aromatic rings.